The van der Waals surface area contributed by atoms with Crippen LogP contribution >= 0.6 is 27.5 Å². The second-order valence-corrected chi connectivity index (χ2v) is 5.20. The van der Waals surface area contributed by atoms with Gasteiger partial charge in [-0.15, -0.1) is 0 Å². The molecule has 0 unspecified atom stereocenters. The Hall–Kier alpha value is -1.26. The predicted molar refractivity (Wildman–Crippen MR) is 81.9 cm³/mol. The number of rotatable bonds is 5. The van der Waals surface area contributed by atoms with Crippen molar-refractivity contribution in [2.45, 2.75) is 13.5 Å². The van der Waals surface area contributed by atoms with Crippen molar-refractivity contribution in [1.29, 1.82) is 0 Å². The van der Waals surface area contributed by atoms with Crippen LogP contribution in [0.4, 0.5) is 5.69 Å². The fourth-order valence-electron chi connectivity index (χ4n) is 1.63. The minimum Gasteiger partial charge on any atom is -0.476 e. The molecule has 0 atom stereocenters. The Kier molecular flexibility index (Phi) is 5.05. The third kappa shape index (κ3) is 3.85. The number of aromatic nitrogens is 1. The molecule has 0 spiro atoms. The molecule has 0 saturated heterocycles. The van der Waals surface area contributed by atoms with Gasteiger partial charge < -0.3 is 10.1 Å². The first-order chi connectivity index (χ1) is 9.20. The maximum atomic E-state index is 6.18. The number of halogens is 2. The first-order valence-corrected chi connectivity index (χ1v) is 7.13. The molecule has 0 bridgehead atoms. The Bertz CT molecular complexity index is 563. The van der Waals surface area contributed by atoms with E-state index >= 15 is 0 Å². The van der Waals surface area contributed by atoms with Gasteiger partial charge in [0.05, 0.1) is 12.3 Å². The topological polar surface area (TPSA) is 34.1 Å². The van der Waals surface area contributed by atoms with Crippen LogP contribution in [0, 0.1) is 0 Å². The molecule has 1 N–H and O–H groups in total. The van der Waals surface area contributed by atoms with Crippen molar-refractivity contribution in [1.82, 2.24) is 4.98 Å². The number of hydrogen-bond donors (Lipinski definition) is 1. The van der Waals surface area contributed by atoms with Crippen LogP contribution in [0.25, 0.3) is 0 Å². The van der Waals surface area contributed by atoms with E-state index in [0.717, 1.165) is 20.7 Å². The largest absolute Gasteiger partial charge is 0.476 e. The molecule has 0 aliphatic carbocycles. The molecule has 2 rings (SSSR count). The fraction of sp³-hybridized carbons (Fsp3) is 0.214. The Morgan fingerprint density at radius 3 is 2.95 bits per heavy atom. The molecule has 100 valence electrons. The van der Waals surface area contributed by atoms with Gasteiger partial charge in [-0.1, -0.05) is 33.6 Å². The van der Waals surface area contributed by atoms with Gasteiger partial charge in [0, 0.05) is 22.2 Å². The summed E-state index contributed by atoms with van der Waals surface area (Å²) in [5.41, 5.74) is 1.89. The van der Waals surface area contributed by atoms with Gasteiger partial charge in [-0.3, -0.25) is 0 Å². The molecule has 19 heavy (non-hydrogen) atoms. The van der Waals surface area contributed by atoms with Gasteiger partial charge in [-0.2, -0.15) is 0 Å². The summed E-state index contributed by atoms with van der Waals surface area (Å²) in [6.45, 7) is 3.15. The quantitative estimate of drug-likeness (QED) is 0.869. The predicted octanol–water partition coefficient (Wildman–Crippen LogP) is 4.51. The van der Waals surface area contributed by atoms with E-state index in [0.29, 0.717) is 19.0 Å². The third-order valence-electron chi connectivity index (χ3n) is 2.54. The van der Waals surface area contributed by atoms with Crippen molar-refractivity contribution in [3.05, 3.63) is 51.6 Å². The standard InChI is InChI=1S/C14H14BrClN2O/c1-2-19-14-13(4-3-7-17-14)18-9-10-5-6-11(15)8-12(10)16/h3-8,18H,2,9H2,1H3. The molecule has 0 aliphatic heterocycles. The summed E-state index contributed by atoms with van der Waals surface area (Å²) in [4.78, 5) is 4.19. The monoisotopic (exact) mass is 340 g/mol. The maximum absolute atomic E-state index is 6.18. The van der Waals surface area contributed by atoms with Gasteiger partial charge in [-0.05, 0) is 36.8 Å². The van der Waals surface area contributed by atoms with Crippen LogP contribution in [0.1, 0.15) is 12.5 Å². The van der Waals surface area contributed by atoms with E-state index in [9.17, 15) is 0 Å². The molecule has 0 radical (unpaired) electrons. The fourth-order valence-corrected chi connectivity index (χ4v) is 2.37. The molecular weight excluding hydrogens is 328 g/mol. The second-order valence-electron chi connectivity index (χ2n) is 3.88. The van der Waals surface area contributed by atoms with Crippen LogP contribution < -0.4 is 10.1 Å². The number of hydrogen-bond acceptors (Lipinski definition) is 3. The van der Waals surface area contributed by atoms with Gasteiger partial charge >= 0.3 is 0 Å². The molecule has 0 fully saturated rings. The van der Waals surface area contributed by atoms with E-state index < -0.39 is 0 Å². The number of pyridine rings is 1. The lowest BCUT2D eigenvalue weighted by atomic mass is 10.2. The zero-order valence-corrected chi connectivity index (χ0v) is 12.8. The highest BCUT2D eigenvalue weighted by atomic mass is 79.9. The van der Waals surface area contributed by atoms with Crippen molar-refractivity contribution in [2.24, 2.45) is 0 Å². The maximum Gasteiger partial charge on any atom is 0.237 e. The SMILES string of the molecule is CCOc1ncccc1NCc1ccc(Br)cc1Cl. The lowest BCUT2D eigenvalue weighted by Crippen LogP contribution is -2.04. The van der Waals surface area contributed by atoms with Crippen molar-refractivity contribution in [2.75, 3.05) is 11.9 Å². The lowest BCUT2D eigenvalue weighted by molar-refractivity contribution is 0.328. The van der Waals surface area contributed by atoms with Gasteiger partial charge in [0.15, 0.2) is 0 Å². The minimum absolute atomic E-state index is 0.588. The van der Waals surface area contributed by atoms with E-state index in [-0.39, 0.29) is 0 Å². The van der Waals surface area contributed by atoms with Crippen LogP contribution in [0.2, 0.25) is 5.02 Å². The summed E-state index contributed by atoms with van der Waals surface area (Å²) in [6.07, 6.45) is 1.71. The molecule has 1 heterocycles. The first-order valence-electron chi connectivity index (χ1n) is 5.96. The molecule has 0 amide bonds. The lowest BCUT2D eigenvalue weighted by Gasteiger charge is -2.11. The Morgan fingerprint density at radius 2 is 2.21 bits per heavy atom. The van der Waals surface area contributed by atoms with Gasteiger partial charge in [0.2, 0.25) is 5.88 Å². The molecule has 1 aromatic heterocycles. The van der Waals surface area contributed by atoms with Crippen molar-refractivity contribution in [3.63, 3.8) is 0 Å². The van der Waals surface area contributed by atoms with Crippen LogP contribution in [-0.2, 0) is 6.54 Å². The van der Waals surface area contributed by atoms with Crippen LogP contribution in [-0.4, -0.2) is 11.6 Å². The van der Waals surface area contributed by atoms with Crippen LogP contribution in [0.15, 0.2) is 41.0 Å². The summed E-state index contributed by atoms with van der Waals surface area (Å²) in [6, 6.07) is 9.63. The van der Waals surface area contributed by atoms with E-state index in [1.165, 1.54) is 0 Å². The van der Waals surface area contributed by atoms with E-state index in [4.69, 9.17) is 16.3 Å². The molecular formula is C14H14BrClN2O. The highest BCUT2D eigenvalue weighted by molar-refractivity contribution is 9.10. The molecule has 0 saturated carbocycles. The van der Waals surface area contributed by atoms with E-state index in [2.05, 4.69) is 26.2 Å². The average molecular weight is 342 g/mol. The molecule has 5 heteroatoms. The summed E-state index contributed by atoms with van der Waals surface area (Å²) in [5.74, 6) is 0.609. The second kappa shape index (κ2) is 6.78. The van der Waals surface area contributed by atoms with E-state index in [1.54, 1.807) is 6.20 Å². The van der Waals surface area contributed by atoms with E-state index in [1.807, 2.05) is 37.3 Å². The summed E-state index contributed by atoms with van der Waals surface area (Å²) in [5, 5.41) is 4.01. The number of nitrogens with zero attached hydrogens (tertiary/aromatic N) is 1. The summed E-state index contributed by atoms with van der Waals surface area (Å²) >= 11 is 9.57. The Balaban J connectivity index is 2.10. The molecule has 2 aromatic rings. The highest BCUT2D eigenvalue weighted by Gasteiger charge is 2.05. The van der Waals surface area contributed by atoms with Gasteiger partial charge in [0.25, 0.3) is 0 Å². The smallest absolute Gasteiger partial charge is 0.237 e. The van der Waals surface area contributed by atoms with Crippen molar-refractivity contribution in [3.8, 4) is 5.88 Å². The van der Waals surface area contributed by atoms with Crippen LogP contribution in [0.5, 0.6) is 5.88 Å². The van der Waals surface area contributed by atoms with Crippen LogP contribution in [0.3, 0.4) is 0 Å². The number of anilines is 1. The first kappa shape index (κ1) is 14.2. The molecule has 1 aromatic carbocycles. The average Bonchev–Trinajstić information content (AvgIpc) is 2.40. The minimum atomic E-state index is 0.588. The van der Waals surface area contributed by atoms with Gasteiger partial charge in [0.1, 0.15) is 0 Å². The zero-order chi connectivity index (χ0) is 13.7. The zero-order valence-electron chi connectivity index (χ0n) is 10.5. The summed E-state index contributed by atoms with van der Waals surface area (Å²) < 4.78 is 6.43. The highest BCUT2D eigenvalue weighted by Crippen LogP contribution is 2.25. The molecule has 0 aliphatic rings. The normalized spacial score (nSPS) is 10.3. The van der Waals surface area contributed by atoms with Crippen molar-refractivity contribution >= 4 is 33.2 Å². The number of benzene rings is 1. The molecule has 3 nitrogen and oxygen atoms in total. The number of nitrogens with one attached hydrogen (secondary N) is 1. The number of ether oxygens (including phenoxy) is 1. The Morgan fingerprint density at radius 1 is 1.37 bits per heavy atom. The summed E-state index contributed by atoms with van der Waals surface area (Å²) in [7, 11) is 0. The third-order valence-corrected chi connectivity index (χ3v) is 3.38. The van der Waals surface area contributed by atoms with Gasteiger partial charge in [-0.25, -0.2) is 4.98 Å². The Labute approximate surface area is 126 Å². The van der Waals surface area contributed by atoms with Crippen molar-refractivity contribution < 1.29 is 4.74 Å².